The zero-order valence-electron chi connectivity index (χ0n) is 16.0. The van der Waals surface area contributed by atoms with Crippen LogP contribution in [-0.2, 0) is 6.54 Å². The van der Waals surface area contributed by atoms with Gasteiger partial charge in [0.1, 0.15) is 11.5 Å². The second-order valence-corrected chi connectivity index (χ2v) is 7.58. The molecule has 1 saturated carbocycles. The molecule has 0 aromatic heterocycles. The first-order valence-corrected chi connectivity index (χ1v) is 10.1. The number of nitrogens with one attached hydrogen (secondary N) is 2. The van der Waals surface area contributed by atoms with Gasteiger partial charge in [-0.25, -0.2) is 0 Å². The van der Waals surface area contributed by atoms with Crippen LogP contribution in [0.15, 0.2) is 48.5 Å². The van der Waals surface area contributed by atoms with E-state index in [-0.39, 0.29) is 6.10 Å². The lowest BCUT2D eigenvalue weighted by atomic mass is 10.2. The lowest BCUT2D eigenvalue weighted by Crippen LogP contribution is -2.27. The van der Waals surface area contributed by atoms with Crippen molar-refractivity contribution in [2.75, 3.05) is 5.32 Å². The fourth-order valence-electron chi connectivity index (χ4n) is 3.17. The summed E-state index contributed by atoms with van der Waals surface area (Å²) >= 11 is 5.40. The Kier molecular flexibility index (Phi) is 6.93. The Morgan fingerprint density at radius 2 is 1.81 bits per heavy atom. The Morgan fingerprint density at radius 3 is 2.52 bits per heavy atom. The second kappa shape index (κ2) is 9.60. The third kappa shape index (κ3) is 6.43. The normalized spacial score (nSPS) is 14.2. The maximum Gasteiger partial charge on any atom is 0.171 e. The van der Waals surface area contributed by atoms with Crippen molar-refractivity contribution >= 4 is 23.0 Å². The molecule has 0 radical (unpaired) electrons. The zero-order chi connectivity index (χ0) is 19.1. The van der Waals surface area contributed by atoms with Crippen molar-refractivity contribution in [3.8, 4) is 11.5 Å². The van der Waals surface area contributed by atoms with Gasteiger partial charge in [-0.15, -0.1) is 0 Å². The fourth-order valence-corrected chi connectivity index (χ4v) is 3.36. The second-order valence-electron chi connectivity index (χ2n) is 7.17. The number of rotatable bonds is 7. The molecule has 0 atom stereocenters. The van der Waals surface area contributed by atoms with Crippen molar-refractivity contribution in [1.29, 1.82) is 0 Å². The summed E-state index contributed by atoms with van der Waals surface area (Å²) in [6.45, 7) is 4.69. The van der Waals surface area contributed by atoms with Crippen molar-refractivity contribution in [2.45, 2.75) is 58.3 Å². The van der Waals surface area contributed by atoms with Crippen LogP contribution in [0.25, 0.3) is 0 Å². The van der Waals surface area contributed by atoms with Gasteiger partial charge in [-0.3, -0.25) is 0 Å². The molecule has 4 nitrogen and oxygen atoms in total. The zero-order valence-corrected chi connectivity index (χ0v) is 16.9. The van der Waals surface area contributed by atoms with Gasteiger partial charge in [0.25, 0.3) is 0 Å². The molecule has 5 heteroatoms. The van der Waals surface area contributed by atoms with Crippen molar-refractivity contribution in [3.05, 3.63) is 54.1 Å². The lowest BCUT2D eigenvalue weighted by Gasteiger charge is -2.15. The highest BCUT2D eigenvalue weighted by atomic mass is 32.1. The minimum absolute atomic E-state index is 0.163. The monoisotopic (exact) mass is 384 g/mol. The quantitative estimate of drug-likeness (QED) is 0.636. The SMILES string of the molecule is CC(C)Oc1cccc(CNC(=S)Nc2ccc(OC3CCCC3)cc2)c1. The van der Waals surface area contributed by atoms with E-state index in [4.69, 9.17) is 21.7 Å². The molecule has 144 valence electrons. The van der Waals surface area contributed by atoms with Crippen LogP contribution < -0.4 is 20.1 Å². The molecular formula is C22H28N2O2S. The van der Waals surface area contributed by atoms with Gasteiger partial charge in [0.15, 0.2) is 5.11 Å². The van der Waals surface area contributed by atoms with Crippen LogP contribution in [0.1, 0.15) is 45.1 Å². The first kappa shape index (κ1) is 19.5. The topological polar surface area (TPSA) is 42.5 Å². The Labute approximate surface area is 167 Å². The molecule has 3 rings (SSSR count). The summed E-state index contributed by atoms with van der Waals surface area (Å²) in [6, 6.07) is 16.0. The molecule has 1 aliphatic carbocycles. The molecule has 0 spiro atoms. The molecule has 1 fully saturated rings. The van der Waals surface area contributed by atoms with Gasteiger partial charge in [0.05, 0.1) is 12.2 Å². The minimum Gasteiger partial charge on any atom is -0.491 e. The summed E-state index contributed by atoms with van der Waals surface area (Å²) in [4.78, 5) is 0. The predicted molar refractivity (Wildman–Crippen MR) is 115 cm³/mol. The Morgan fingerprint density at radius 1 is 1.07 bits per heavy atom. The van der Waals surface area contributed by atoms with E-state index in [0.717, 1.165) is 35.6 Å². The average Bonchev–Trinajstić information content (AvgIpc) is 3.14. The van der Waals surface area contributed by atoms with Crippen LogP contribution in [-0.4, -0.2) is 17.3 Å². The van der Waals surface area contributed by atoms with Crippen LogP contribution in [0.3, 0.4) is 0 Å². The first-order valence-electron chi connectivity index (χ1n) is 9.65. The lowest BCUT2D eigenvalue weighted by molar-refractivity contribution is 0.210. The van der Waals surface area contributed by atoms with E-state index in [1.54, 1.807) is 0 Å². The summed E-state index contributed by atoms with van der Waals surface area (Å²) < 4.78 is 11.7. The summed E-state index contributed by atoms with van der Waals surface area (Å²) in [5, 5.41) is 7.04. The summed E-state index contributed by atoms with van der Waals surface area (Å²) in [6.07, 6.45) is 5.42. The predicted octanol–water partition coefficient (Wildman–Crippen LogP) is 5.28. The van der Waals surface area contributed by atoms with Gasteiger partial charge in [0, 0.05) is 12.2 Å². The maximum atomic E-state index is 5.99. The smallest absolute Gasteiger partial charge is 0.171 e. The number of ether oxygens (including phenoxy) is 2. The van der Waals surface area contributed by atoms with Gasteiger partial charge >= 0.3 is 0 Å². The summed E-state index contributed by atoms with van der Waals surface area (Å²) in [7, 11) is 0. The van der Waals surface area contributed by atoms with Crippen molar-refractivity contribution in [1.82, 2.24) is 5.32 Å². The molecule has 0 bridgehead atoms. The van der Waals surface area contributed by atoms with E-state index in [9.17, 15) is 0 Å². The largest absolute Gasteiger partial charge is 0.491 e. The van der Waals surface area contributed by atoms with Crippen LogP contribution in [0.2, 0.25) is 0 Å². The average molecular weight is 385 g/mol. The molecule has 0 heterocycles. The van der Waals surface area contributed by atoms with E-state index < -0.39 is 0 Å². The van der Waals surface area contributed by atoms with Gasteiger partial charge in [-0.1, -0.05) is 12.1 Å². The number of hydrogen-bond donors (Lipinski definition) is 2. The van der Waals surface area contributed by atoms with Crippen LogP contribution >= 0.6 is 12.2 Å². The Bertz CT molecular complexity index is 740. The molecule has 2 N–H and O–H groups in total. The number of anilines is 1. The molecule has 0 amide bonds. The molecular weight excluding hydrogens is 356 g/mol. The molecule has 27 heavy (non-hydrogen) atoms. The van der Waals surface area contributed by atoms with Crippen LogP contribution in [0.5, 0.6) is 11.5 Å². The Hall–Kier alpha value is -2.27. The standard InChI is InChI=1S/C22H28N2O2S/c1-16(2)25-21-9-5-6-17(14-21)15-23-22(27)24-18-10-12-20(13-11-18)26-19-7-3-4-8-19/h5-6,9-14,16,19H,3-4,7-8,15H2,1-2H3,(H2,23,24,27). The van der Waals surface area contributed by atoms with E-state index in [2.05, 4.69) is 16.7 Å². The van der Waals surface area contributed by atoms with Gasteiger partial charge in [-0.05, 0) is 93.7 Å². The van der Waals surface area contributed by atoms with Crippen molar-refractivity contribution in [2.24, 2.45) is 0 Å². The maximum absolute atomic E-state index is 5.99. The summed E-state index contributed by atoms with van der Waals surface area (Å²) in [5.41, 5.74) is 2.07. The van der Waals surface area contributed by atoms with Gasteiger partial charge in [0.2, 0.25) is 0 Å². The molecule has 0 saturated heterocycles. The van der Waals surface area contributed by atoms with Crippen molar-refractivity contribution < 1.29 is 9.47 Å². The van der Waals surface area contributed by atoms with E-state index in [0.29, 0.717) is 17.8 Å². The van der Waals surface area contributed by atoms with Crippen LogP contribution in [0.4, 0.5) is 5.69 Å². The number of thiocarbonyl (C=S) groups is 1. The van der Waals surface area contributed by atoms with Gasteiger partial charge in [-0.2, -0.15) is 0 Å². The van der Waals surface area contributed by atoms with E-state index >= 15 is 0 Å². The molecule has 2 aromatic carbocycles. The highest BCUT2D eigenvalue weighted by Crippen LogP contribution is 2.25. The molecule has 0 unspecified atom stereocenters. The summed E-state index contributed by atoms with van der Waals surface area (Å²) in [5.74, 6) is 1.80. The minimum atomic E-state index is 0.163. The first-order chi connectivity index (χ1) is 13.1. The van der Waals surface area contributed by atoms with E-state index in [1.165, 1.54) is 12.8 Å². The van der Waals surface area contributed by atoms with Gasteiger partial charge < -0.3 is 20.1 Å². The Balaban J connectivity index is 1.46. The number of hydrogen-bond acceptors (Lipinski definition) is 3. The highest BCUT2D eigenvalue weighted by molar-refractivity contribution is 7.80. The molecule has 1 aliphatic rings. The molecule has 0 aliphatic heterocycles. The van der Waals surface area contributed by atoms with Crippen LogP contribution in [0, 0.1) is 0 Å². The fraction of sp³-hybridized carbons (Fsp3) is 0.409. The molecule has 2 aromatic rings. The number of benzene rings is 2. The van der Waals surface area contributed by atoms with Crippen molar-refractivity contribution in [3.63, 3.8) is 0 Å². The highest BCUT2D eigenvalue weighted by Gasteiger charge is 2.16. The third-order valence-corrected chi connectivity index (χ3v) is 4.69. The van der Waals surface area contributed by atoms with E-state index in [1.807, 2.05) is 56.3 Å². The third-order valence-electron chi connectivity index (χ3n) is 4.44.